The summed E-state index contributed by atoms with van der Waals surface area (Å²) in [5.41, 5.74) is 0.441. The van der Waals surface area contributed by atoms with Gasteiger partial charge in [-0.15, -0.1) is 35.3 Å². The van der Waals surface area contributed by atoms with Gasteiger partial charge in [0.05, 0.1) is 5.00 Å². The van der Waals surface area contributed by atoms with Crippen LogP contribution in [-0.2, 0) is 4.74 Å². The first-order valence-electron chi connectivity index (χ1n) is 8.99. The molecule has 1 aromatic rings. The summed E-state index contributed by atoms with van der Waals surface area (Å²) < 4.78 is 5.24. The lowest BCUT2D eigenvalue weighted by Crippen LogP contribution is -2.49. The van der Waals surface area contributed by atoms with Gasteiger partial charge in [-0.05, 0) is 55.0 Å². The summed E-state index contributed by atoms with van der Waals surface area (Å²) >= 11 is 1.83. The minimum atomic E-state index is 0. The van der Waals surface area contributed by atoms with E-state index in [0.717, 1.165) is 51.5 Å². The summed E-state index contributed by atoms with van der Waals surface area (Å²) in [4.78, 5) is 6.90. The van der Waals surface area contributed by atoms with E-state index in [-0.39, 0.29) is 24.0 Å². The first-order chi connectivity index (χ1) is 11.7. The maximum atomic E-state index is 5.24. The van der Waals surface area contributed by atoms with Crippen molar-refractivity contribution in [1.29, 1.82) is 0 Å². The van der Waals surface area contributed by atoms with Crippen LogP contribution in [0.15, 0.2) is 22.5 Å². The van der Waals surface area contributed by atoms with Crippen molar-refractivity contribution in [3.63, 3.8) is 0 Å². The number of nitrogens with one attached hydrogen (secondary N) is 2. The molecule has 0 unspecified atom stereocenters. The number of guanidine groups is 1. The number of rotatable bonds is 7. The molecule has 2 N–H and O–H groups in total. The van der Waals surface area contributed by atoms with Gasteiger partial charge in [0, 0.05) is 46.4 Å². The van der Waals surface area contributed by atoms with E-state index >= 15 is 0 Å². The zero-order valence-corrected chi connectivity index (χ0v) is 18.4. The smallest absolute Gasteiger partial charge is 0.191 e. The highest BCUT2D eigenvalue weighted by Gasteiger charge is 2.42. The molecule has 0 amide bonds. The van der Waals surface area contributed by atoms with Gasteiger partial charge in [0.1, 0.15) is 0 Å². The van der Waals surface area contributed by atoms with Gasteiger partial charge in [-0.2, -0.15) is 0 Å². The third-order valence-corrected chi connectivity index (χ3v) is 6.23. The molecule has 142 valence electrons. The fraction of sp³-hybridized carbons (Fsp3) is 0.722. The monoisotopic (exact) mass is 478 g/mol. The summed E-state index contributed by atoms with van der Waals surface area (Å²) in [6.45, 7) is 4.10. The predicted octanol–water partition coefficient (Wildman–Crippen LogP) is 3.32. The van der Waals surface area contributed by atoms with Crippen molar-refractivity contribution in [3.8, 4) is 0 Å². The molecule has 1 aliphatic carbocycles. The number of ether oxygens (including phenoxy) is 1. The van der Waals surface area contributed by atoms with E-state index in [2.05, 4.69) is 38.0 Å². The summed E-state index contributed by atoms with van der Waals surface area (Å²) in [5.74, 6) is 0.952. The molecule has 3 rings (SSSR count). The van der Waals surface area contributed by atoms with Crippen LogP contribution in [0.5, 0.6) is 0 Å². The molecule has 1 saturated carbocycles. The Hall–Kier alpha value is -0.540. The molecule has 0 atom stereocenters. The second kappa shape index (κ2) is 9.97. The van der Waals surface area contributed by atoms with Gasteiger partial charge in [-0.3, -0.25) is 4.99 Å². The maximum absolute atomic E-state index is 5.24. The first-order valence-corrected chi connectivity index (χ1v) is 9.87. The Bertz CT molecular complexity index is 525. The van der Waals surface area contributed by atoms with Crippen LogP contribution in [0.4, 0.5) is 5.00 Å². The number of halogens is 1. The van der Waals surface area contributed by atoms with Gasteiger partial charge in [0.2, 0.25) is 0 Å². The molecule has 0 radical (unpaired) electrons. The Kier molecular flexibility index (Phi) is 8.28. The van der Waals surface area contributed by atoms with E-state index in [1.807, 2.05) is 18.4 Å². The highest BCUT2D eigenvalue weighted by molar-refractivity contribution is 14.0. The van der Waals surface area contributed by atoms with E-state index in [4.69, 9.17) is 4.74 Å². The Morgan fingerprint density at radius 1 is 1.40 bits per heavy atom. The van der Waals surface area contributed by atoms with Gasteiger partial charge in [0.15, 0.2) is 5.96 Å². The van der Waals surface area contributed by atoms with Crippen molar-refractivity contribution < 1.29 is 4.74 Å². The molecule has 1 aromatic heterocycles. The molecule has 25 heavy (non-hydrogen) atoms. The van der Waals surface area contributed by atoms with Gasteiger partial charge < -0.3 is 20.3 Å². The second-order valence-electron chi connectivity index (χ2n) is 7.03. The topological polar surface area (TPSA) is 48.9 Å². The standard InChI is InChI=1S/C18H30N4OS.HI/c1-19-17(20-14-18(7-8-18)9-12-23-2)21-15-5-10-22(11-6-15)16-4-3-13-24-16;/h3-4,13,15H,5-12,14H2,1-2H3,(H2,19,20,21);1H. The van der Waals surface area contributed by atoms with Gasteiger partial charge in [-0.25, -0.2) is 0 Å². The van der Waals surface area contributed by atoms with Crippen LogP contribution in [0.3, 0.4) is 0 Å². The first kappa shape index (κ1) is 20.8. The summed E-state index contributed by atoms with van der Waals surface area (Å²) in [6.07, 6.45) is 6.08. The Morgan fingerprint density at radius 2 is 2.16 bits per heavy atom. The van der Waals surface area contributed by atoms with Gasteiger partial charge in [-0.1, -0.05) is 0 Å². The molecule has 5 nitrogen and oxygen atoms in total. The van der Waals surface area contributed by atoms with Crippen molar-refractivity contribution >= 4 is 46.3 Å². The highest BCUT2D eigenvalue weighted by Crippen LogP contribution is 2.48. The van der Waals surface area contributed by atoms with Crippen molar-refractivity contribution in [3.05, 3.63) is 17.5 Å². The lowest BCUT2D eigenvalue weighted by atomic mass is 10.0. The van der Waals surface area contributed by atoms with Crippen LogP contribution in [0, 0.1) is 5.41 Å². The van der Waals surface area contributed by atoms with Crippen LogP contribution < -0.4 is 15.5 Å². The molecule has 7 heteroatoms. The minimum Gasteiger partial charge on any atom is -0.385 e. The van der Waals surface area contributed by atoms with E-state index in [9.17, 15) is 0 Å². The van der Waals surface area contributed by atoms with Crippen molar-refractivity contribution in [2.45, 2.75) is 38.1 Å². The number of hydrogen-bond acceptors (Lipinski definition) is 4. The summed E-state index contributed by atoms with van der Waals surface area (Å²) in [7, 11) is 3.65. The van der Waals surface area contributed by atoms with Gasteiger partial charge >= 0.3 is 0 Å². The van der Waals surface area contributed by atoms with Crippen molar-refractivity contribution in [2.75, 3.05) is 45.3 Å². The zero-order chi connectivity index (χ0) is 16.8. The van der Waals surface area contributed by atoms with Crippen LogP contribution in [-0.4, -0.2) is 52.4 Å². The lowest BCUT2D eigenvalue weighted by molar-refractivity contribution is 0.172. The Labute approximate surface area is 172 Å². The number of methoxy groups -OCH3 is 1. The van der Waals surface area contributed by atoms with Crippen LogP contribution in [0.1, 0.15) is 32.1 Å². The zero-order valence-electron chi connectivity index (χ0n) is 15.3. The molecule has 2 aliphatic rings. The Balaban J connectivity index is 0.00000225. The number of piperidine rings is 1. The second-order valence-corrected chi connectivity index (χ2v) is 7.95. The normalized spacial score (nSPS) is 20.1. The average Bonchev–Trinajstić information content (AvgIpc) is 3.17. The quantitative estimate of drug-likeness (QED) is 0.359. The number of nitrogens with zero attached hydrogens (tertiary/aromatic N) is 2. The predicted molar refractivity (Wildman–Crippen MR) is 118 cm³/mol. The molecule has 1 saturated heterocycles. The van der Waals surface area contributed by atoms with Crippen LogP contribution in [0.2, 0.25) is 0 Å². The fourth-order valence-corrected chi connectivity index (χ4v) is 4.15. The van der Waals surface area contributed by atoms with E-state index in [1.54, 1.807) is 7.11 Å². The average molecular weight is 478 g/mol. The van der Waals surface area contributed by atoms with Crippen molar-refractivity contribution in [2.24, 2.45) is 10.4 Å². The molecular weight excluding hydrogens is 447 g/mol. The third-order valence-electron chi connectivity index (χ3n) is 5.30. The number of thiophene rings is 1. The van der Waals surface area contributed by atoms with Gasteiger partial charge in [0.25, 0.3) is 0 Å². The van der Waals surface area contributed by atoms with E-state index in [0.29, 0.717) is 11.5 Å². The maximum Gasteiger partial charge on any atom is 0.191 e. The number of anilines is 1. The molecule has 1 aliphatic heterocycles. The molecule has 2 heterocycles. The van der Waals surface area contributed by atoms with Crippen LogP contribution >= 0.6 is 35.3 Å². The van der Waals surface area contributed by atoms with Crippen LogP contribution in [0.25, 0.3) is 0 Å². The molecule has 0 bridgehead atoms. The molecule has 0 aromatic carbocycles. The van der Waals surface area contributed by atoms with E-state index in [1.165, 1.54) is 17.8 Å². The summed E-state index contributed by atoms with van der Waals surface area (Å²) in [5, 5.41) is 10.7. The largest absolute Gasteiger partial charge is 0.385 e. The summed E-state index contributed by atoms with van der Waals surface area (Å²) in [6, 6.07) is 4.86. The van der Waals surface area contributed by atoms with Crippen molar-refractivity contribution in [1.82, 2.24) is 10.6 Å². The Morgan fingerprint density at radius 3 is 2.72 bits per heavy atom. The lowest BCUT2D eigenvalue weighted by Gasteiger charge is -2.33. The minimum absolute atomic E-state index is 0. The molecule has 2 fully saturated rings. The number of aliphatic imine (C=N–C) groups is 1. The third kappa shape index (κ3) is 5.99. The highest BCUT2D eigenvalue weighted by atomic mass is 127. The SMILES string of the molecule is CN=C(NCC1(CCOC)CC1)NC1CCN(c2cccs2)CC1.I. The molecular formula is C18H31IN4OS. The number of hydrogen-bond donors (Lipinski definition) is 2. The van der Waals surface area contributed by atoms with E-state index < -0.39 is 0 Å². The molecule has 0 spiro atoms. The fourth-order valence-electron chi connectivity index (χ4n) is 3.36.